The minimum Gasteiger partial charge on any atom is -0.346 e. The molecule has 22 heavy (non-hydrogen) atoms. The highest BCUT2D eigenvalue weighted by Gasteiger charge is 2.30. The van der Waals surface area contributed by atoms with Crippen molar-refractivity contribution in [3.63, 3.8) is 0 Å². The van der Waals surface area contributed by atoms with E-state index in [4.69, 9.17) is 0 Å². The molecule has 1 aliphatic rings. The van der Waals surface area contributed by atoms with Crippen LogP contribution in [0.25, 0.3) is 0 Å². The molecule has 0 bridgehead atoms. The molecule has 4 nitrogen and oxygen atoms in total. The Hall–Kier alpha value is -2.36. The Balaban J connectivity index is 1.88. The van der Waals surface area contributed by atoms with E-state index in [1.54, 1.807) is 28.8 Å². The molecule has 0 aliphatic heterocycles. The van der Waals surface area contributed by atoms with Gasteiger partial charge in [-0.2, -0.15) is 0 Å². The highest BCUT2D eigenvalue weighted by molar-refractivity contribution is 5.99. The third-order valence-corrected chi connectivity index (χ3v) is 4.52. The number of hydrogen-bond acceptors (Lipinski definition) is 2. The van der Waals surface area contributed by atoms with Gasteiger partial charge in [-0.25, -0.2) is 0 Å². The minimum absolute atomic E-state index is 0.0245. The molecule has 0 saturated heterocycles. The number of amides is 1. The van der Waals surface area contributed by atoms with Crippen LogP contribution in [0.2, 0.25) is 0 Å². The van der Waals surface area contributed by atoms with E-state index in [9.17, 15) is 9.59 Å². The van der Waals surface area contributed by atoms with Crippen LogP contribution in [-0.4, -0.2) is 28.2 Å². The molecule has 0 N–H and O–H groups in total. The second-order valence-corrected chi connectivity index (χ2v) is 5.95. The van der Waals surface area contributed by atoms with E-state index in [0.29, 0.717) is 11.3 Å². The number of aryl methyl sites for hydroxylation is 2. The number of rotatable bonds is 3. The number of carbonyl (C=O) groups excluding carboxylic acids is 2. The van der Waals surface area contributed by atoms with E-state index in [1.807, 2.05) is 19.2 Å². The summed E-state index contributed by atoms with van der Waals surface area (Å²) in [5, 5.41) is 0. The number of carbonyl (C=O) groups is 2. The molecule has 1 heterocycles. The smallest absolute Gasteiger partial charge is 0.270 e. The molecule has 3 rings (SSSR count). The average molecular weight is 296 g/mol. The SMILES string of the molecule is CC(=O)c1cc(C(=O)N(C)C2CCc3ccccc32)n(C)c1. The van der Waals surface area contributed by atoms with Gasteiger partial charge in [0.15, 0.2) is 5.78 Å². The van der Waals surface area contributed by atoms with Crippen molar-refractivity contribution in [2.75, 3.05) is 7.05 Å². The van der Waals surface area contributed by atoms with Crippen molar-refractivity contribution in [1.82, 2.24) is 9.47 Å². The number of benzene rings is 1. The van der Waals surface area contributed by atoms with Crippen molar-refractivity contribution in [2.45, 2.75) is 25.8 Å². The summed E-state index contributed by atoms with van der Waals surface area (Å²) in [6, 6.07) is 10.1. The lowest BCUT2D eigenvalue weighted by Gasteiger charge is -2.25. The fourth-order valence-corrected chi connectivity index (χ4v) is 3.23. The molecule has 1 aliphatic carbocycles. The Labute approximate surface area is 130 Å². The molecular weight excluding hydrogens is 276 g/mol. The van der Waals surface area contributed by atoms with Crippen LogP contribution in [0.1, 0.15) is 51.4 Å². The van der Waals surface area contributed by atoms with Crippen molar-refractivity contribution in [2.24, 2.45) is 7.05 Å². The summed E-state index contributed by atoms with van der Waals surface area (Å²) in [4.78, 5) is 26.1. The minimum atomic E-state index is -0.0447. The number of hydrogen-bond donors (Lipinski definition) is 0. The van der Waals surface area contributed by atoms with Crippen molar-refractivity contribution in [3.8, 4) is 0 Å². The summed E-state index contributed by atoms with van der Waals surface area (Å²) < 4.78 is 1.73. The third kappa shape index (κ3) is 2.34. The maximum atomic E-state index is 12.8. The Morgan fingerprint density at radius 2 is 2.00 bits per heavy atom. The first-order valence-electron chi connectivity index (χ1n) is 7.51. The number of nitrogens with zero attached hydrogens (tertiary/aromatic N) is 2. The van der Waals surface area contributed by atoms with Gasteiger partial charge in [-0.1, -0.05) is 24.3 Å². The van der Waals surface area contributed by atoms with Crippen LogP contribution >= 0.6 is 0 Å². The maximum Gasteiger partial charge on any atom is 0.270 e. The molecule has 0 fully saturated rings. The zero-order chi connectivity index (χ0) is 15.9. The van der Waals surface area contributed by atoms with Crippen LogP contribution in [0, 0.1) is 0 Å². The monoisotopic (exact) mass is 296 g/mol. The van der Waals surface area contributed by atoms with Gasteiger partial charge in [0.05, 0.1) is 6.04 Å². The molecule has 1 aromatic heterocycles. The standard InChI is InChI=1S/C18H20N2O2/c1-12(21)14-10-17(19(2)11-14)18(22)20(3)16-9-8-13-6-4-5-7-15(13)16/h4-7,10-11,16H,8-9H2,1-3H3. The van der Waals surface area contributed by atoms with Gasteiger partial charge in [0, 0.05) is 25.9 Å². The lowest BCUT2D eigenvalue weighted by molar-refractivity contribution is 0.0721. The molecule has 1 unspecified atom stereocenters. The second-order valence-electron chi connectivity index (χ2n) is 5.95. The number of aromatic nitrogens is 1. The summed E-state index contributed by atoms with van der Waals surface area (Å²) in [6.07, 6.45) is 3.67. The molecule has 0 spiro atoms. The molecule has 114 valence electrons. The van der Waals surface area contributed by atoms with E-state index in [0.717, 1.165) is 12.8 Å². The van der Waals surface area contributed by atoms with E-state index in [1.165, 1.54) is 18.1 Å². The molecular formula is C18H20N2O2. The first-order chi connectivity index (χ1) is 10.5. The summed E-state index contributed by atoms with van der Waals surface area (Å²) in [7, 11) is 3.64. The molecule has 1 amide bonds. The molecule has 0 radical (unpaired) electrons. The second kappa shape index (κ2) is 5.44. The van der Waals surface area contributed by atoms with Crippen LogP contribution in [0.15, 0.2) is 36.5 Å². The first-order valence-corrected chi connectivity index (χ1v) is 7.51. The molecule has 4 heteroatoms. The summed E-state index contributed by atoms with van der Waals surface area (Å²) >= 11 is 0. The van der Waals surface area contributed by atoms with Crippen LogP contribution < -0.4 is 0 Å². The maximum absolute atomic E-state index is 12.8. The Morgan fingerprint density at radius 3 is 2.68 bits per heavy atom. The Bertz CT molecular complexity index is 745. The van der Waals surface area contributed by atoms with Gasteiger partial charge in [0.1, 0.15) is 5.69 Å². The van der Waals surface area contributed by atoms with Crippen LogP contribution in [0.5, 0.6) is 0 Å². The Kier molecular flexibility index (Phi) is 3.61. The third-order valence-electron chi connectivity index (χ3n) is 4.52. The van der Waals surface area contributed by atoms with Crippen LogP contribution in [0.4, 0.5) is 0 Å². The zero-order valence-electron chi connectivity index (χ0n) is 13.2. The van der Waals surface area contributed by atoms with Gasteiger partial charge in [-0.05, 0) is 37.0 Å². The van der Waals surface area contributed by atoms with Gasteiger partial charge in [-0.3, -0.25) is 9.59 Å². The van der Waals surface area contributed by atoms with Gasteiger partial charge < -0.3 is 9.47 Å². The highest BCUT2D eigenvalue weighted by Crippen LogP contribution is 2.35. The molecule has 1 aromatic carbocycles. The van der Waals surface area contributed by atoms with Gasteiger partial charge >= 0.3 is 0 Å². The predicted octanol–water partition coefficient (Wildman–Crippen LogP) is 2.99. The van der Waals surface area contributed by atoms with Crippen LogP contribution in [0.3, 0.4) is 0 Å². The first kappa shape index (κ1) is 14.6. The average Bonchev–Trinajstić information content (AvgIpc) is 3.09. The van der Waals surface area contributed by atoms with Gasteiger partial charge in [-0.15, -0.1) is 0 Å². The number of fused-ring (bicyclic) bond motifs is 1. The fourth-order valence-electron chi connectivity index (χ4n) is 3.23. The highest BCUT2D eigenvalue weighted by atomic mass is 16.2. The predicted molar refractivity (Wildman–Crippen MR) is 85.0 cm³/mol. The molecule has 0 saturated carbocycles. The lowest BCUT2D eigenvalue weighted by atomic mass is 10.1. The number of Topliss-reactive ketones (excluding diaryl/α,β-unsaturated/α-hetero) is 1. The lowest BCUT2D eigenvalue weighted by Crippen LogP contribution is -2.31. The Morgan fingerprint density at radius 1 is 1.27 bits per heavy atom. The van der Waals surface area contributed by atoms with Gasteiger partial charge in [0.2, 0.25) is 0 Å². The summed E-state index contributed by atoms with van der Waals surface area (Å²) in [5.41, 5.74) is 3.69. The topological polar surface area (TPSA) is 42.3 Å². The zero-order valence-corrected chi connectivity index (χ0v) is 13.2. The summed E-state index contributed by atoms with van der Waals surface area (Å²) in [6.45, 7) is 1.51. The van der Waals surface area contributed by atoms with E-state index < -0.39 is 0 Å². The van der Waals surface area contributed by atoms with Crippen molar-refractivity contribution >= 4 is 11.7 Å². The largest absolute Gasteiger partial charge is 0.346 e. The van der Waals surface area contributed by atoms with Crippen molar-refractivity contribution in [3.05, 3.63) is 58.9 Å². The summed E-state index contributed by atoms with van der Waals surface area (Å²) in [5.74, 6) is -0.0692. The van der Waals surface area contributed by atoms with E-state index >= 15 is 0 Å². The van der Waals surface area contributed by atoms with Crippen molar-refractivity contribution in [1.29, 1.82) is 0 Å². The number of ketones is 1. The van der Waals surface area contributed by atoms with Crippen LogP contribution in [-0.2, 0) is 13.5 Å². The fraction of sp³-hybridized carbons (Fsp3) is 0.333. The van der Waals surface area contributed by atoms with Gasteiger partial charge in [0.25, 0.3) is 5.91 Å². The van der Waals surface area contributed by atoms with Crippen molar-refractivity contribution < 1.29 is 9.59 Å². The van der Waals surface area contributed by atoms with E-state index in [-0.39, 0.29) is 17.7 Å². The molecule has 1 atom stereocenters. The quantitative estimate of drug-likeness (QED) is 0.817. The normalized spacial score (nSPS) is 16.4. The van der Waals surface area contributed by atoms with E-state index in [2.05, 4.69) is 12.1 Å². The molecule has 2 aromatic rings.